The van der Waals surface area contributed by atoms with Gasteiger partial charge in [-0.25, -0.2) is 4.79 Å². The van der Waals surface area contributed by atoms with Gasteiger partial charge in [-0.2, -0.15) is 0 Å². The molecule has 0 unspecified atom stereocenters. The average molecular weight is 244 g/mol. The second kappa shape index (κ2) is 4.11. The van der Waals surface area contributed by atoms with Gasteiger partial charge >= 0.3 is 5.97 Å². The number of ether oxygens (including phenoxy) is 2. The molecule has 1 heterocycles. The number of phenols is 2. The van der Waals surface area contributed by atoms with Gasteiger partial charge in [0.15, 0.2) is 11.5 Å². The quantitative estimate of drug-likeness (QED) is 0.584. The smallest absolute Gasteiger partial charge is 0.345 e. The van der Waals surface area contributed by atoms with Crippen molar-refractivity contribution < 1.29 is 35.1 Å². The molecule has 0 aliphatic carbocycles. The number of hydrogen-bond donors (Lipinski definition) is 3. The van der Waals surface area contributed by atoms with Gasteiger partial charge in [0.1, 0.15) is 5.56 Å². The van der Waals surface area contributed by atoms with E-state index in [1.54, 1.807) is 0 Å². The van der Waals surface area contributed by atoms with E-state index >= 15 is 0 Å². The molecule has 0 saturated carbocycles. The Bertz CT molecular complexity index is 480. The maximum atomic E-state index is 11.3. The van der Waals surface area contributed by atoms with Crippen molar-refractivity contribution in [2.45, 2.75) is 13.2 Å². The molecule has 0 saturated heterocycles. The summed E-state index contributed by atoms with van der Waals surface area (Å²) in [5.41, 5.74) is 0.142. The van der Waals surface area contributed by atoms with Crippen molar-refractivity contribution in [3.8, 4) is 17.2 Å². The fourth-order valence-corrected chi connectivity index (χ4v) is 1.77. The lowest BCUT2D eigenvalue weighted by molar-refractivity contribution is -0.0551. The molecule has 1 aromatic rings. The predicted molar refractivity (Wildman–Crippen MR) is 55.0 cm³/mol. The number of cyclic esters (lactones) is 1. The van der Waals surface area contributed by atoms with Crippen LogP contribution < -0.4 is 4.74 Å². The Balaban J connectivity index is 0.00000144. The second-order valence-corrected chi connectivity index (χ2v) is 3.40. The van der Waals surface area contributed by atoms with Crippen molar-refractivity contribution in [1.82, 2.24) is 0 Å². The van der Waals surface area contributed by atoms with E-state index in [1.165, 1.54) is 14.0 Å². The van der Waals surface area contributed by atoms with Crippen molar-refractivity contribution in [1.29, 1.82) is 0 Å². The van der Waals surface area contributed by atoms with Crippen LogP contribution in [0.15, 0.2) is 0 Å². The number of fused-ring (bicyclic) bond motifs is 1. The number of aliphatic hydroxyl groups is 1. The van der Waals surface area contributed by atoms with E-state index in [0.717, 1.165) is 0 Å². The molecule has 0 radical (unpaired) electrons. The van der Waals surface area contributed by atoms with Crippen LogP contribution in [0.2, 0.25) is 0 Å². The summed E-state index contributed by atoms with van der Waals surface area (Å²) in [6.45, 7) is 1.49. The molecule has 0 fully saturated rings. The van der Waals surface area contributed by atoms with Crippen molar-refractivity contribution >= 4 is 5.97 Å². The number of carbonyl (C=O) groups is 1. The fraction of sp³-hybridized carbons (Fsp3) is 0.300. The number of esters is 1. The Kier molecular flexibility index (Phi) is 3.16. The van der Waals surface area contributed by atoms with Crippen LogP contribution in [0.25, 0.3) is 0 Å². The van der Waals surface area contributed by atoms with E-state index in [4.69, 9.17) is 4.74 Å². The summed E-state index contributed by atoms with van der Waals surface area (Å²) in [5.74, 6) is -1.90. The number of carbonyl (C=O) groups excluding carboxylic acids is 1. The van der Waals surface area contributed by atoms with Crippen LogP contribution in [0.3, 0.4) is 0 Å². The van der Waals surface area contributed by atoms with Gasteiger partial charge in [-0.15, -0.1) is 0 Å². The Morgan fingerprint density at radius 1 is 1.29 bits per heavy atom. The molecule has 94 valence electrons. The minimum absolute atomic E-state index is 0. The zero-order chi connectivity index (χ0) is 12.0. The summed E-state index contributed by atoms with van der Waals surface area (Å²) in [7, 11) is 1.25. The molecule has 1 atom stereocenters. The van der Waals surface area contributed by atoms with Crippen LogP contribution in [-0.4, -0.2) is 33.9 Å². The van der Waals surface area contributed by atoms with Gasteiger partial charge in [0.05, 0.1) is 7.11 Å². The van der Waals surface area contributed by atoms with Crippen molar-refractivity contribution in [3.63, 3.8) is 0 Å². The van der Waals surface area contributed by atoms with Gasteiger partial charge in [-0.3, -0.25) is 0 Å². The monoisotopic (exact) mass is 244 g/mol. The molecule has 5 N–H and O–H groups in total. The number of benzene rings is 1. The molecule has 17 heavy (non-hydrogen) atoms. The van der Waals surface area contributed by atoms with Crippen LogP contribution in [0, 0.1) is 6.92 Å². The fourth-order valence-electron chi connectivity index (χ4n) is 1.77. The second-order valence-electron chi connectivity index (χ2n) is 3.40. The Morgan fingerprint density at radius 3 is 2.41 bits per heavy atom. The third kappa shape index (κ3) is 1.56. The highest BCUT2D eigenvalue weighted by atomic mass is 16.6. The molecule has 2 rings (SSSR count). The van der Waals surface area contributed by atoms with Gasteiger partial charge in [-0.1, -0.05) is 0 Å². The van der Waals surface area contributed by atoms with E-state index in [0.29, 0.717) is 0 Å². The van der Waals surface area contributed by atoms with Crippen LogP contribution in [0.1, 0.15) is 27.8 Å². The van der Waals surface area contributed by atoms with Gasteiger partial charge in [0.2, 0.25) is 12.0 Å². The molecule has 1 aliphatic heterocycles. The molecule has 0 spiro atoms. The number of phenolic OH excluding ortho intramolecular Hbond substituents is 2. The van der Waals surface area contributed by atoms with E-state index < -0.39 is 18.0 Å². The van der Waals surface area contributed by atoms with Gasteiger partial charge < -0.3 is 30.3 Å². The molecule has 0 aromatic heterocycles. The number of aromatic hydroxyl groups is 2. The largest absolute Gasteiger partial charge is 0.504 e. The summed E-state index contributed by atoms with van der Waals surface area (Å²) >= 11 is 0. The number of aliphatic hydroxyl groups excluding tert-OH is 1. The Labute approximate surface area is 96.1 Å². The topological polar surface area (TPSA) is 128 Å². The van der Waals surface area contributed by atoms with E-state index in [-0.39, 0.29) is 33.7 Å². The molecule has 0 amide bonds. The minimum Gasteiger partial charge on any atom is -0.504 e. The third-order valence-corrected chi connectivity index (χ3v) is 2.57. The number of rotatable bonds is 1. The third-order valence-electron chi connectivity index (χ3n) is 2.57. The molecule has 1 aliphatic rings. The van der Waals surface area contributed by atoms with Crippen LogP contribution >= 0.6 is 0 Å². The lowest BCUT2D eigenvalue weighted by Crippen LogP contribution is -1.99. The number of methoxy groups -OCH3 is 1. The van der Waals surface area contributed by atoms with Gasteiger partial charge in [-0.05, 0) is 6.92 Å². The SMILES string of the molecule is COc1c(O)c(C)c2c(c1O)C(=O)O[C@H]2O.O. The highest BCUT2D eigenvalue weighted by Crippen LogP contribution is 2.48. The van der Waals surface area contributed by atoms with E-state index in [2.05, 4.69) is 4.74 Å². The molecular formula is C10H12O7. The summed E-state index contributed by atoms with van der Waals surface area (Å²) in [6, 6.07) is 0. The molecule has 1 aromatic carbocycles. The molecule has 7 heteroatoms. The van der Waals surface area contributed by atoms with Crippen molar-refractivity contribution in [2.24, 2.45) is 0 Å². The zero-order valence-electron chi connectivity index (χ0n) is 9.14. The van der Waals surface area contributed by atoms with Gasteiger partial charge in [0, 0.05) is 11.1 Å². The standard InChI is InChI=1S/C10H10O6.H2O/c1-3-4-5(10(14)16-9(4)13)7(12)8(15-2)6(3)11;/h9,11-13H,1-2H3;1H2/t9-;/m1./s1. The molecule has 7 nitrogen and oxygen atoms in total. The predicted octanol–water partition coefficient (Wildman–Crippen LogP) is -0.249. The average Bonchev–Trinajstić information content (AvgIpc) is 2.52. The first kappa shape index (κ1) is 13.1. The lowest BCUT2D eigenvalue weighted by Gasteiger charge is -2.12. The maximum absolute atomic E-state index is 11.3. The van der Waals surface area contributed by atoms with Gasteiger partial charge in [0.25, 0.3) is 0 Å². The Morgan fingerprint density at radius 2 is 1.88 bits per heavy atom. The number of hydrogen-bond acceptors (Lipinski definition) is 6. The summed E-state index contributed by atoms with van der Waals surface area (Å²) < 4.78 is 9.31. The normalized spacial score (nSPS) is 17.1. The zero-order valence-corrected chi connectivity index (χ0v) is 9.14. The molecule has 0 bridgehead atoms. The van der Waals surface area contributed by atoms with Crippen LogP contribution in [0.4, 0.5) is 0 Å². The summed E-state index contributed by atoms with van der Waals surface area (Å²) in [4.78, 5) is 11.3. The van der Waals surface area contributed by atoms with Crippen molar-refractivity contribution in [3.05, 3.63) is 16.7 Å². The summed E-state index contributed by atoms with van der Waals surface area (Å²) in [5, 5.41) is 28.8. The van der Waals surface area contributed by atoms with E-state index in [9.17, 15) is 20.1 Å². The van der Waals surface area contributed by atoms with Crippen LogP contribution in [0.5, 0.6) is 17.2 Å². The summed E-state index contributed by atoms with van der Waals surface area (Å²) in [6.07, 6.45) is -1.47. The first-order valence-corrected chi connectivity index (χ1v) is 4.50. The lowest BCUT2D eigenvalue weighted by atomic mass is 10.0. The maximum Gasteiger partial charge on any atom is 0.345 e. The first-order chi connectivity index (χ1) is 7.49. The minimum atomic E-state index is -1.47. The Hall–Kier alpha value is -1.99. The van der Waals surface area contributed by atoms with Crippen molar-refractivity contribution in [2.75, 3.05) is 7.11 Å². The highest BCUT2D eigenvalue weighted by Gasteiger charge is 2.38. The van der Waals surface area contributed by atoms with E-state index in [1.807, 2.05) is 0 Å². The molecular weight excluding hydrogens is 232 g/mol. The first-order valence-electron chi connectivity index (χ1n) is 4.50. The van der Waals surface area contributed by atoms with Crippen LogP contribution in [-0.2, 0) is 4.74 Å². The highest BCUT2D eigenvalue weighted by molar-refractivity contribution is 5.99.